The molecular formula is C42H50IrNO2-. The maximum Gasteiger partial charge on any atom is 0.162 e. The van der Waals surface area contributed by atoms with Crippen molar-refractivity contribution >= 4 is 38.1 Å². The predicted octanol–water partition coefficient (Wildman–Crippen LogP) is 11.9. The van der Waals surface area contributed by atoms with Crippen molar-refractivity contribution in [2.45, 2.75) is 93.9 Å². The molecule has 0 aliphatic rings. The number of carbonyl (C=O) groups excluding carboxylic acids is 1. The van der Waals surface area contributed by atoms with E-state index in [0.29, 0.717) is 5.92 Å². The van der Waals surface area contributed by atoms with E-state index >= 15 is 0 Å². The van der Waals surface area contributed by atoms with Crippen molar-refractivity contribution in [1.82, 2.24) is 4.98 Å². The molecule has 0 atom stereocenters. The van der Waals surface area contributed by atoms with E-state index in [-0.39, 0.29) is 43.5 Å². The number of carbonyl (C=O) groups is 1. The van der Waals surface area contributed by atoms with Gasteiger partial charge in [0.1, 0.15) is 0 Å². The summed E-state index contributed by atoms with van der Waals surface area (Å²) in [6.45, 7) is 18.9. The van der Waals surface area contributed by atoms with E-state index in [9.17, 15) is 9.90 Å². The number of nitrogens with zero attached hydrogens (tertiary/aromatic N) is 1. The second-order valence-corrected chi connectivity index (χ2v) is 12.8. The van der Waals surface area contributed by atoms with Gasteiger partial charge < -0.3 is 10.1 Å². The van der Waals surface area contributed by atoms with Gasteiger partial charge in [-0.3, -0.25) is 4.79 Å². The molecule has 3 nitrogen and oxygen atoms in total. The smallest absolute Gasteiger partial charge is 0.162 e. The molecule has 0 fully saturated rings. The van der Waals surface area contributed by atoms with Crippen molar-refractivity contribution in [3.63, 3.8) is 0 Å². The molecule has 0 saturated carbocycles. The van der Waals surface area contributed by atoms with Crippen molar-refractivity contribution in [3.8, 4) is 11.3 Å². The summed E-state index contributed by atoms with van der Waals surface area (Å²) < 4.78 is 0. The molecule has 1 aromatic heterocycles. The van der Waals surface area contributed by atoms with Gasteiger partial charge in [0.25, 0.3) is 0 Å². The zero-order chi connectivity index (χ0) is 32.8. The third kappa shape index (κ3) is 8.14. The standard InChI is InChI=1S/C29H26N.C13H24O2.Ir/c1-17(2)21-6-8-25-22(15-21)7-9-27-26(25)11-10-24-20(5)16-30-29(28(24)27)23-13-18(3)12-19(4)14-23;1-5-10(6-2)12(14)9-13(15)11(7-3)8-4;/h6-13,15-17H,1-5H3;9-11,14H,5-8H2,1-4H3;/q-1;;/b;12-9-;. The number of hydrogen-bond acceptors (Lipinski definition) is 3. The van der Waals surface area contributed by atoms with Gasteiger partial charge in [0.2, 0.25) is 0 Å². The Morgan fingerprint density at radius 2 is 1.41 bits per heavy atom. The van der Waals surface area contributed by atoms with Gasteiger partial charge in [0, 0.05) is 44.2 Å². The first-order valence-corrected chi connectivity index (χ1v) is 16.7. The fourth-order valence-electron chi connectivity index (χ4n) is 6.41. The Labute approximate surface area is 289 Å². The maximum absolute atomic E-state index is 11.7. The zero-order valence-corrected chi connectivity index (χ0v) is 31.4. The van der Waals surface area contributed by atoms with E-state index in [0.717, 1.165) is 42.5 Å². The van der Waals surface area contributed by atoms with Gasteiger partial charge in [0.05, 0.1) is 5.76 Å². The number of rotatable bonds is 9. The largest absolute Gasteiger partial charge is 0.512 e. The normalized spacial score (nSPS) is 11.8. The van der Waals surface area contributed by atoms with Gasteiger partial charge in [-0.1, -0.05) is 97.9 Å². The van der Waals surface area contributed by atoms with E-state index in [4.69, 9.17) is 4.98 Å². The van der Waals surface area contributed by atoms with E-state index in [1.165, 1.54) is 55.1 Å². The van der Waals surface area contributed by atoms with Crippen LogP contribution in [0.3, 0.4) is 0 Å². The third-order valence-electron chi connectivity index (χ3n) is 9.24. The number of ketones is 1. The van der Waals surface area contributed by atoms with Crippen molar-refractivity contribution in [3.05, 3.63) is 101 Å². The van der Waals surface area contributed by atoms with Gasteiger partial charge >= 0.3 is 0 Å². The van der Waals surface area contributed by atoms with Crippen LogP contribution in [0.25, 0.3) is 43.6 Å². The van der Waals surface area contributed by atoms with Crippen LogP contribution in [0.4, 0.5) is 0 Å². The molecule has 1 N–H and O–H groups in total. The van der Waals surface area contributed by atoms with E-state index in [1.54, 1.807) is 0 Å². The van der Waals surface area contributed by atoms with Crippen LogP contribution in [0.15, 0.2) is 72.6 Å². The van der Waals surface area contributed by atoms with Gasteiger partial charge in [-0.2, -0.15) is 0 Å². The fraction of sp³-hybridized carbons (Fsp3) is 0.381. The van der Waals surface area contributed by atoms with Crippen molar-refractivity contribution in [1.29, 1.82) is 0 Å². The van der Waals surface area contributed by atoms with Crippen LogP contribution in [-0.2, 0) is 24.9 Å². The number of allylic oxidation sites excluding steroid dienone is 2. The number of aryl methyl sites for hydroxylation is 3. The number of benzene rings is 4. The minimum absolute atomic E-state index is 0. The molecule has 1 heterocycles. The molecule has 0 unspecified atom stereocenters. The van der Waals surface area contributed by atoms with Gasteiger partial charge in [-0.05, 0) is 87.7 Å². The monoisotopic (exact) mass is 793 g/mol. The van der Waals surface area contributed by atoms with Crippen LogP contribution < -0.4 is 0 Å². The van der Waals surface area contributed by atoms with Crippen molar-refractivity contribution < 1.29 is 30.0 Å². The molecule has 0 aliphatic carbocycles. The molecular weight excluding hydrogens is 743 g/mol. The minimum Gasteiger partial charge on any atom is -0.512 e. The van der Waals surface area contributed by atoms with E-state index in [1.807, 2.05) is 33.9 Å². The molecule has 1 radical (unpaired) electrons. The zero-order valence-electron chi connectivity index (χ0n) is 29.0. The second kappa shape index (κ2) is 16.5. The van der Waals surface area contributed by atoms with Crippen LogP contribution in [-0.4, -0.2) is 15.9 Å². The number of fused-ring (bicyclic) bond motifs is 5. The molecule has 245 valence electrons. The quantitative estimate of drug-likeness (QED) is 0.0700. The second-order valence-electron chi connectivity index (χ2n) is 12.8. The first kappa shape index (κ1) is 37.1. The van der Waals surface area contributed by atoms with Gasteiger partial charge in [-0.25, -0.2) is 0 Å². The van der Waals surface area contributed by atoms with Crippen LogP contribution in [0, 0.1) is 38.7 Å². The van der Waals surface area contributed by atoms with Crippen LogP contribution in [0.1, 0.15) is 95.4 Å². The molecule has 5 rings (SSSR count). The Morgan fingerprint density at radius 3 is 2.02 bits per heavy atom. The first-order valence-electron chi connectivity index (χ1n) is 16.7. The number of hydrogen-bond donors (Lipinski definition) is 1. The summed E-state index contributed by atoms with van der Waals surface area (Å²) in [5, 5.41) is 17.4. The maximum atomic E-state index is 11.7. The van der Waals surface area contributed by atoms with Gasteiger partial charge in [-0.15, -0.1) is 34.9 Å². The molecule has 5 aromatic rings. The molecule has 0 bridgehead atoms. The summed E-state index contributed by atoms with van der Waals surface area (Å²) in [5.74, 6) is 1.08. The number of aliphatic hydroxyl groups excluding tert-OH is 1. The van der Waals surface area contributed by atoms with Crippen molar-refractivity contribution in [2.75, 3.05) is 0 Å². The average Bonchev–Trinajstić information content (AvgIpc) is 3.01. The summed E-state index contributed by atoms with van der Waals surface area (Å²) >= 11 is 0. The fourth-order valence-corrected chi connectivity index (χ4v) is 6.41. The summed E-state index contributed by atoms with van der Waals surface area (Å²) in [6.07, 6.45) is 6.90. The Bertz CT molecular complexity index is 1820. The summed E-state index contributed by atoms with van der Waals surface area (Å²) in [6, 6.07) is 23.8. The Kier molecular flexibility index (Phi) is 13.3. The number of aromatic nitrogens is 1. The molecule has 0 aliphatic heterocycles. The first-order chi connectivity index (χ1) is 21.5. The molecule has 0 spiro atoms. The van der Waals surface area contributed by atoms with Crippen molar-refractivity contribution in [2.24, 2.45) is 11.8 Å². The number of pyridine rings is 1. The predicted molar refractivity (Wildman–Crippen MR) is 193 cm³/mol. The average molecular weight is 793 g/mol. The Hall–Kier alpha value is -3.33. The van der Waals surface area contributed by atoms with Gasteiger partial charge in [0.15, 0.2) is 5.78 Å². The molecule has 46 heavy (non-hydrogen) atoms. The summed E-state index contributed by atoms with van der Waals surface area (Å²) in [4.78, 5) is 16.6. The minimum atomic E-state index is 0. The van der Waals surface area contributed by atoms with Crippen LogP contribution >= 0.6 is 0 Å². The molecule has 0 saturated heterocycles. The molecule has 4 aromatic carbocycles. The summed E-state index contributed by atoms with van der Waals surface area (Å²) in [7, 11) is 0. The van der Waals surface area contributed by atoms with E-state index in [2.05, 4.69) is 95.3 Å². The number of aliphatic hydroxyl groups is 1. The third-order valence-corrected chi connectivity index (χ3v) is 9.24. The van der Waals surface area contributed by atoms with E-state index < -0.39 is 0 Å². The van der Waals surface area contributed by atoms with Crippen LogP contribution in [0.2, 0.25) is 0 Å². The summed E-state index contributed by atoms with van der Waals surface area (Å²) in [5.41, 5.74) is 7.06. The SMILES string of the molecule is CCC(CC)C(=O)/C=C(\O)C(CC)CC.Cc1[c-]c(-c2ncc(C)c3ccc4c5ccc(C(C)C)cc5ccc4c23)cc(C)c1.[Ir]. The Morgan fingerprint density at radius 1 is 0.804 bits per heavy atom. The Balaban J connectivity index is 0.000000309. The molecule has 4 heteroatoms. The molecule has 0 amide bonds. The van der Waals surface area contributed by atoms with Crippen LogP contribution in [0.5, 0.6) is 0 Å². The topological polar surface area (TPSA) is 50.2 Å².